The Balaban J connectivity index is 2.72. The van der Waals surface area contributed by atoms with Gasteiger partial charge in [-0.2, -0.15) is 10.5 Å². The smallest absolute Gasteiger partial charge is 0.244 e. The van der Waals surface area contributed by atoms with Crippen molar-refractivity contribution in [3.63, 3.8) is 0 Å². The van der Waals surface area contributed by atoms with Gasteiger partial charge in [-0.3, -0.25) is 14.9 Å². The van der Waals surface area contributed by atoms with Crippen molar-refractivity contribution in [2.24, 2.45) is 11.8 Å². The molecule has 0 unspecified atom stereocenters. The van der Waals surface area contributed by atoms with Crippen LogP contribution in [0.25, 0.3) is 0 Å². The lowest BCUT2D eigenvalue weighted by Crippen LogP contribution is -2.58. The number of hydrogen-bond acceptors (Lipinski definition) is 4. The molecule has 2 atom stereocenters. The van der Waals surface area contributed by atoms with Gasteiger partial charge in [0.05, 0.1) is 12.1 Å². The maximum atomic E-state index is 11.9. The van der Waals surface area contributed by atoms with Crippen molar-refractivity contribution in [1.29, 1.82) is 10.5 Å². The van der Waals surface area contributed by atoms with Crippen molar-refractivity contribution >= 4 is 23.4 Å². The molecule has 1 heterocycles. The highest BCUT2D eigenvalue weighted by Gasteiger charge is 2.55. The lowest BCUT2D eigenvalue weighted by molar-refractivity contribution is -0.140. The van der Waals surface area contributed by atoms with E-state index >= 15 is 0 Å². The molecule has 20 heavy (non-hydrogen) atoms. The second-order valence-corrected chi connectivity index (χ2v) is 5.15. The first-order valence-corrected chi connectivity index (χ1v) is 6.23. The molecule has 2 amide bonds. The van der Waals surface area contributed by atoms with E-state index in [1.807, 2.05) is 12.1 Å². The summed E-state index contributed by atoms with van der Waals surface area (Å²) in [6.07, 6.45) is 0. The monoisotopic (exact) mass is 287 g/mol. The minimum Gasteiger partial charge on any atom is -0.294 e. The van der Waals surface area contributed by atoms with Gasteiger partial charge in [0.15, 0.2) is 0 Å². The molecule has 2 rings (SSSR count). The van der Waals surface area contributed by atoms with Crippen molar-refractivity contribution < 1.29 is 9.59 Å². The minimum absolute atomic E-state index is 0.318. The third-order valence-corrected chi connectivity index (χ3v) is 4.01. The number of imide groups is 1. The molecule has 6 heteroatoms. The van der Waals surface area contributed by atoms with E-state index in [0.717, 1.165) is 0 Å². The molecule has 1 aromatic rings. The number of amides is 2. The van der Waals surface area contributed by atoms with Crippen LogP contribution in [-0.4, -0.2) is 11.8 Å². The number of carbonyl (C=O) groups excluding carboxylic acids is 2. The van der Waals surface area contributed by atoms with Crippen LogP contribution in [0.1, 0.15) is 12.5 Å². The second-order valence-electron chi connectivity index (χ2n) is 4.74. The highest BCUT2D eigenvalue weighted by molar-refractivity contribution is 6.31. The van der Waals surface area contributed by atoms with Gasteiger partial charge in [-0.15, -0.1) is 0 Å². The van der Waals surface area contributed by atoms with Gasteiger partial charge in [0.25, 0.3) is 0 Å². The van der Waals surface area contributed by atoms with Crippen molar-refractivity contribution in [3.8, 4) is 12.1 Å². The van der Waals surface area contributed by atoms with Crippen LogP contribution in [0, 0.1) is 34.5 Å². The number of carbonyl (C=O) groups is 2. The lowest BCUT2D eigenvalue weighted by atomic mass is 9.62. The molecule has 1 N–H and O–H groups in total. The van der Waals surface area contributed by atoms with E-state index in [0.29, 0.717) is 10.6 Å². The zero-order chi connectivity index (χ0) is 14.9. The summed E-state index contributed by atoms with van der Waals surface area (Å²) in [5, 5.41) is 20.9. The summed E-state index contributed by atoms with van der Waals surface area (Å²) in [6, 6.07) is 10.4. The maximum absolute atomic E-state index is 11.9. The predicted molar refractivity (Wildman–Crippen MR) is 70.2 cm³/mol. The SMILES string of the molecule is CC1(c2ccccc2Cl)[C@@H](C#N)C(=O)NC(=O)[C@@H]1C#N. The Hall–Kier alpha value is -2.37. The average Bonchev–Trinajstić information content (AvgIpc) is 2.39. The summed E-state index contributed by atoms with van der Waals surface area (Å²) in [5.74, 6) is -3.73. The molecule has 5 nitrogen and oxygen atoms in total. The number of hydrogen-bond donors (Lipinski definition) is 1. The molecule has 1 aromatic carbocycles. The molecular weight excluding hydrogens is 278 g/mol. The summed E-state index contributed by atoms with van der Waals surface area (Å²) < 4.78 is 0. The standard InChI is InChI=1S/C14H10ClN3O2/c1-14(8-4-2-3-5-11(8)15)9(6-16)12(19)18-13(20)10(14)7-17/h2-5,9-10H,1H3,(H,18,19,20)/t9-,10-/m0/s1. The highest BCUT2D eigenvalue weighted by Crippen LogP contribution is 2.44. The van der Waals surface area contributed by atoms with Crippen LogP contribution in [-0.2, 0) is 15.0 Å². The molecule has 1 aliphatic rings. The third-order valence-electron chi connectivity index (χ3n) is 3.68. The van der Waals surface area contributed by atoms with E-state index in [1.54, 1.807) is 31.2 Å². The molecule has 1 aliphatic heterocycles. The summed E-state index contributed by atoms with van der Waals surface area (Å²) in [7, 11) is 0. The number of nitrogens with one attached hydrogen (secondary N) is 1. The second kappa shape index (κ2) is 4.96. The molecule has 0 aromatic heterocycles. The maximum Gasteiger partial charge on any atom is 0.244 e. The largest absolute Gasteiger partial charge is 0.294 e. The number of benzene rings is 1. The Labute approximate surface area is 120 Å². The van der Waals surface area contributed by atoms with Crippen LogP contribution in [0.2, 0.25) is 5.02 Å². The Morgan fingerprint density at radius 2 is 1.65 bits per heavy atom. The van der Waals surface area contributed by atoms with Gasteiger partial charge < -0.3 is 0 Å². The summed E-state index contributed by atoms with van der Waals surface area (Å²) in [6.45, 7) is 1.55. The van der Waals surface area contributed by atoms with Crippen molar-refractivity contribution in [3.05, 3.63) is 34.9 Å². The molecule has 1 fully saturated rings. The minimum atomic E-state index is -1.28. The topological polar surface area (TPSA) is 93.8 Å². The van der Waals surface area contributed by atoms with Crippen molar-refractivity contribution in [2.75, 3.05) is 0 Å². The Morgan fingerprint density at radius 1 is 1.15 bits per heavy atom. The van der Waals surface area contributed by atoms with Gasteiger partial charge in [0.2, 0.25) is 11.8 Å². The molecule has 0 bridgehead atoms. The zero-order valence-electron chi connectivity index (χ0n) is 10.6. The fourth-order valence-corrected chi connectivity index (χ4v) is 2.91. The van der Waals surface area contributed by atoms with E-state index in [-0.39, 0.29) is 0 Å². The third kappa shape index (κ3) is 1.84. The molecule has 0 radical (unpaired) electrons. The summed E-state index contributed by atoms with van der Waals surface area (Å²) in [5.41, 5.74) is -0.829. The molecule has 0 spiro atoms. The first-order valence-electron chi connectivity index (χ1n) is 5.85. The Bertz CT molecular complexity index is 640. The van der Waals surface area contributed by atoms with Gasteiger partial charge in [-0.1, -0.05) is 36.7 Å². The number of nitrogens with zero attached hydrogens (tertiary/aromatic N) is 2. The Morgan fingerprint density at radius 3 is 2.10 bits per heavy atom. The van der Waals surface area contributed by atoms with Crippen LogP contribution < -0.4 is 5.32 Å². The molecule has 0 saturated carbocycles. The van der Waals surface area contributed by atoms with Crippen LogP contribution in [0.4, 0.5) is 0 Å². The first-order chi connectivity index (χ1) is 9.46. The molecule has 0 aliphatic carbocycles. The quantitative estimate of drug-likeness (QED) is 0.793. The van der Waals surface area contributed by atoms with Gasteiger partial charge in [-0.25, -0.2) is 0 Å². The van der Waals surface area contributed by atoms with Crippen molar-refractivity contribution in [2.45, 2.75) is 12.3 Å². The molecule has 100 valence electrons. The van der Waals surface area contributed by atoms with Crippen LogP contribution in [0.5, 0.6) is 0 Å². The average molecular weight is 288 g/mol. The number of rotatable bonds is 1. The number of piperidine rings is 1. The van der Waals surface area contributed by atoms with Crippen molar-refractivity contribution in [1.82, 2.24) is 5.32 Å². The van der Waals surface area contributed by atoms with Gasteiger partial charge in [-0.05, 0) is 11.6 Å². The van der Waals surface area contributed by atoms with Crippen LogP contribution in [0.15, 0.2) is 24.3 Å². The highest BCUT2D eigenvalue weighted by atomic mass is 35.5. The fraction of sp³-hybridized carbons (Fsp3) is 0.286. The van der Waals surface area contributed by atoms with E-state index in [9.17, 15) is 20.1 Å². The van der Waals surface area contributed by atoms with E-state index in [1.165, 1.54) is 0 Å². The molecular formula is C14H10ClN3O2. The first kappa shape index (κ1) is 14.0. The van der Waals surface area contributed by atoms with E-state index in [2.05, 4.69) is 5.32 Å². The summed E-state index contributed by atoms with van der Waals surface area (Å²) >= 11 is 6.13. The van der Waals surface area contributed by atoms with Gasteiger partial charge in [0, 0.05) is 10.4 Å². The Kier molecular flexibility index (Phi) is 3.48. The summed E-state index contributed by atoms with van der Waals surface area (Å²) in [4.78, 5) is 23.8. The normalized spacial score (nSPS) is 24.4. The number of nitriles is 2. The molecule has 1 saturated heterocycles. The van der Waals surface area contributed by atoms with Crippen LogP contribution >= 0.6 is 11.6 Å². The predicted octanol–water partition coefficient (Wildman–Crippen LogP) is 1.53. The fourth-order valence-electron chi connectivity index (χ4n) is 2.57. The van der Waals surface area contributed by atoms with Gasteiger partial charge >= 0.3 is 0 Å². The van der Waals surface area contributed by atoms with E-state index in [4.69, 9.17) is 11.6 Å². The number of halogens is 1. The van der Waals surface area contributed by atoms with E-state index < -0.39 is 29.1 Å². The van der Waals surface area contributed by atoms with Gasteiger partial charge in [0.1, 0.15) is 11.8 Å². The van der Waals surface area contributed by atoms with Crippen LogP contribution in [0.3, 0.4) is 0 Å². The lowest BCUT2D eigenvalue weighted by Gasteiger charge is -2.40. The zero-order valence-corrected chi connectivity index (χ0v) is 11.3.